The predicted octanol–water partition coefficient (Wildman–Crippen LogP) is 3.27. The molecule has 0 bridgehead atoms. The molecule has 31 heavy (non-hydrogen) atoms. The van der Waals surface area contributed by atoms with Crippen LogP contribution in [0.25, 0.3) is 22.3 Å². The number of benzene rings is 1. The molecular weight excluding hydrogens is 398 g/mol. The quantitative estimate of drug-likeness (QED) is 0.532. The average molecular weight is 417 g/mol. The number of carbonyl (C=O) groups excluding carboxylic acids is 1. The van der Waals surface area contributed by atoms with Gasteiger partial charge in [-0.25, -0.2) is 4.98 Å². The molecule has 0 fully saturated rings. The molecule has 1 N–H and O–H groups in total. The van der Waals surface area contributed by atoms with Gasteiger partial charge in [0.25, 0.3) is 0 Å². The van der Waals surface area contributed by atoms with Crippen LogP contribution in [0, 0.1) is 0 Å². The molecule has 4 aromatic rings. The Morgan fingerprint density at radius 1 is 1.00 bits per heavy atom. The second-order valence-electron chi connectivity index (χ2n) is 6.95. The van der Waals surface area contributed by atoms with Gasteiger partial charge in [-0.1, -0.05) is 0 Å². The summed E-state index contributed by atoms with van der Waals surface area (Å²) in [6, 6.07) is 7.35. The van der Waals surface area contributed by atoms with Crippen LogP contribution < -0.4 is 19.1 Å². The lowest BCUT2D eigenvalue weighted by atomic mass is 10.1. The Hall–Kier alpha value is -4.14. The molecule has 0 unspecified atom stereocenters. The first-order valence-electron chi connectivity index (χ1n) is 9.55. The fourth-order valence-corrected chi connectivity index (χ4v) is 3.73. The largest absolute Gasteiger partial charge is 0.493 e. The van der Waals surface area contributed by atoms with E-state index in [1.165, 1.54) is 0 Å². The Bertz CT molecular complexity index is 1290. The number of aromatic nitrogens is 4. The first kappa shape index (κ1) is 18.9. The second-order valence-corrected chi connectivity index (χ2v) is 6.95. The molecular formula is C22H19N5O4. The zero-order valence-corrected chi connectivity index (χ0v) is 17.2. The van der Waals surface area contributed by atoms with Crippen molar-refractivity contribution in [3.8, 4) is 28.5 Å². The number of hydrogen-bond donors (Lipinski definition) is 1. The van der Waals surface area contributed by atoms with Crippen LogP contribution in [0.3, 0.4) is 0 Å². The van der Waals surface area contributed by atoms with Crippen LogP contribution in [-0.2, 0) is 11.2 Å². The van der Waals surface area contributed by atoms with E-state index < -0.39 is 0 Å². The normalized spacial score (nSPS) is 12.9. The molecule has 4 heterocycles. The lowest BCUT2D eigenvalue weighted by Crippen LogP contribution is -2.21. The van der Waals surface area contributed by atoms with Crippen molar-refractivity contribution in [1.82, 2.24) is 19.9 Å². The third kappa shape index (κ3) is 3.02. The van der Waals surface area contributed by atoms with E-state index in [-0.39, 0.29) is 12.3 Å². The molecule has 0 aliphatic carbocycles. The molecule has 9 nitrogen and oxygen atoms in total. The Kier molecular flexibility index (Phi) is 4.43. The van der Waals surface area contributed by atoms with Crippen molar-refractivity contribution in [2.24, 2.45) is 0 Å². The van der Waals surface area contributed by atoms with Gasteiger partial charge in [0.2, 0.25) is 11.7 Å². The van der Waals surface area contributed by atoms with Crippen molar-refractivity contribution in [3.63, 3.8) is 0 Å². The molecule has 5 rings (SSSR count). The van der Waals surface area contributed by atoms with Crippen molar-refractivity contribution in [2.45, 2.75) is 6.42 Å². The van der Waals surface area contributed by atoms with E-state index in [0.29, 0.717) is 40.1 Å². The molecule has 1 aliphatic heterocycles. The molecule has 0 saturated heterocycles. The maximum Gasteiger partial charge on any atom is 0.238 e. The lowest BCUT2D eigenvalue weighted by Gasteiger charge is -2.17. The number of carbonyl (C=O) groups is 1. The van der Waals surface area contributed by atoms with Gasteiger partial charge in [0.1, 0.15) is 0 Å². The summed E-state index contributed by atoms with van der Waals surface area (Å²) in [5.41, 5.74) is 4.22. The van der Waals surface area contributed by atoms with Crippen LogP contribution in [0.15, 0.2) is 42.9 Å². The monoisotopic (exact) mass is 417 g/mol. The van der Waals surface area contributed by atoms with Gasteiger partial charge >= 0.3 is 0 Å². The fourth-order valence-electron chi connectivity index (χ4n) is 3.73. The average Bonchev–Trinajstić information content (AvgIpc) is 3.40. The van der Waals surface area contributed by atoms with Gasteiger partial charge in [0.05, 0.1) is 68.3 Å². The molecule has 1 amide bonds. The zero-order valence-electron chi connectivity index (χ0n) is 17.2. The van der Waals surface area contributed by atoms with Crippen LogP contribution in [0.4, 0.5) is 11.5 Å². The summed E-state index contributed by atoms with van der Waals surface area (Å²) in [7, 11) is 4.66. The van der Waals surface area contributed by atoms with Gasteiger partial charge in [-0.3, -0.25) is 19.7 Å². The number of amides is 1. The number of anilines is 2. The van der Waals surface area contributed by atoms with Crippen molar-refractivity contribution < 1.29 is 19.0 Å². The van der Waals surface area contributed by atoms with E-state index in [9.17, 15) is 4.79 Å². The van der Waals surface area contributed by atoms with Gasteiger partial charge in [0.15, 0.2) is 17.3 Å². The Morgan fingerprint density at radius 2 is 1.77 bits per heavy atom. The van der Waals surface area contributed by atoms with Gasteiger partial charge in [-0.2, -0.15) is 0 Å². The summed E-state index contributed by atoms with van der Waals surface area (Å²) < 4.78 is 16.3. The molecule has 0 atom stereocenters. The van der Waals surface area contributed by atoms with Crippen molar-refractivity contribution >= 4 is 28.4 Å². The van der Waals surface area contributed by atoms with Crippen LogP contribution in [0.5, 0.6) is 17.2 Å². The van der Waals surface area contributed by atoms with E-state index in [2.05, 4.69) is 15.0 Å². The Morgan fingerprint density at radius 3 is 2.48 bits per heavy atom. The van der Waals surface area contributed by atoms with E-state index in [4.69, 9.17) is 19.2 Å². The van der Waals surface area contributed by atoms with E-state index >= 15 is 0 Å². The van der Waals surface area contributed by atoms with Gasteiger partial charge in [-0.05, 0) is 24.3 Å². The number of aromatic amines is 1. The Balaban J connectivity index is 1.61. The molecule has 156 valence electrons. The van der Waals surface area contributed by atoms with Crippen LogP contribution in [0.2, 0.25) is 0 Å². The predicted molar refractivity (Wildman–Crippen MR) is 114 cm³/mol. The number of hydrogen-bond acceptors (Lipinski definition) is 7. The highest BCUT2D eigenvalue weighted by atomic mass is 16.5. The topological polar surface area (TPSA) is 102 Å². The minimum atomic E-state index is -0.107. The van der Waals surface area contributed by atoms with Gasteiger partial charge < -0.3 is 19.2 Å². The summed E-state index contributed by atoms with van der Waals surface area (Å²) in [4.78, 5) is 31.1. The number of pyridine rings is 1. The maximum atomic E-state index is 12.8. The third-order valence-corrected chi connectivity index (χ3v) is 5.21. The molecule has 0 radical (unpaired) electrons. The van der Waals surface area contributed by atoms with Crippen molar-refractivity contribution in [1.29, 1.82) is 0 Å². The molecule has 0 spiro atoms. The lowest BCUT2D eigenvalue weighted by molar-refractivity contribution is -0.116. The van der Waals surface area contributed by atoms with E-state index in [1.54, 1.807) is 50.8 Å². The number of nitrogens with one attached hydrogen (secondary N) is 1. The van der Waals surface area contributed by atoms with Crippen LogP contribution >= 0.6 is 0 Å². The summed E-state index contributed by atoms with van der Waals surface area (Å²) in [6.45, 7) is 0. The highest BCUT2D eigenvalue weighted by molar-refractivity contribution is 6.06. The first-order valence-corrected chi connectivity index (χ1v) is 9.55. The van der Waals surface area contributed by atoms with Crippen LogP contribution in [0.1, 0.15) is 5.69 Å². The zero-order chi connectivity index (χ0) is 21.5. The van der Waals surface area contributed by atoms with Gasteiger partial charge in [-0.15, -0.1) is 0 Å². The minimum Gasteiger partial charge on any atom is -0.493 e. The van der Waals surface area contributed by atoms with Crippen molar-refractivity contribution in [2.75, 3.05) is 26.2 Å². The molecule has 0 saturated carbocycles. The Labute approximate surface area is 177 Å². The summed E-state index contributed by atoms with van der Waals surface area (Å²) >= 11 is 0. The number of nitrogens with zero attached hydrogens (tertiary/aromatic N) is 4. The summed E-state index contributed by atoms with van der Waals surface area (Å²) in [5.74, 6) is 1.89. The molecule has 1 aromatic carbocycles. The standard InChI is InChI=1S/C22H19N5O4/c1-29-18-6-12(7-19(30-2)21(18)31-3)17-11-25-16-9-20(28)27(22(16)26-17)13-8-15-14(24-10-13)4-5-23-15/h4-8,10-11,23H,9H2,1-3H3. The highest BCUT2D eigenvalue weighted by Gasteiger charge is 2.32. The molecule has 9 heteroatoms. The molecule has 3 aromatic heterocycles. The SMILES string of the molecule is COc1cc(-c2cnc3c(n2)N(c2cnc4cc[nH]c4c2)C(=O)C3)cc(OC)c1OC. The fraction of sp³-hybridized carbons (Fsp3) is 0.182. The number of methoxy groups -OCH3 is 3. The first-order chi connectivity index (χ1) is 15.1. The molecule has 1 aliphatic rings. The summed E-state index contributed by atoms with van der Waals surface area (Å²) in [5, 5.41) is 0. The van der Waals surface area contributed by atoms with Crippen LogP contribution in [-0.4, -0.2) is 47.2 Å². The number of fused-ring (bicyclic) bond motifs is 2. The maximum absolute atomic E-state index is 12.8. The van der Waals surface area contributed by atoms with E-state index in [1.807, 2.05) is 18.3 Å². The number of rotatable bonds is 5. The van der Waals surface area contributed by atoms with E-state index in [0.717, 1.165) is 16.6 Å². The second kappa shape index (κ2) is 7.28. The summed E-state index contributed by atoms with van der Waals surface area (Å²) in [6.07, 6.45) is 5.30. The minimum absolute atomic E-state index is 0.107. The highest BCUT2D eigenvalue weighted by Crippen LogP contribution is 2.42. The smallest absolute Gasteiger partial charge is 0.238 e. The number of ether oxygens (including phenoxy) is 3. The van der Waals surface area contributed by atoms with Gasteiger partial charge in [0, 0.05) is 11.8 Å². The van der Waals surface area contributed by atoms with Crippen molar-refractivity contribution in [3.05, 3.63) is 48.5 Å². The third-order valence-electron chi connectivity index (χ3n) is 5.21. The number of H-pyrrole nitrogens is 1.